The van der Waals surface area contributed by atoms with E-state index in [1.54, 1.807) is 18.2 Å². The average molecular weight is 430 g/mol. The lowest BCUT2D eigenvalue weighted by Gasteiger charge is -2.18. The number of nitrogens with zero attached hydrogens (tertiary/aromatic N) is 1. The van der Waals surface area contributed by atoms with Gasteiger partial charge >= 0.3 is 0 Å². The zero-order chi connectivity index (χ0) is 22.8. The second-order valence-corrected chi connectivity index (χ2v) is 7.55. The summed E-state index contributed by atoms with van der Waals surface area (Å²) in [6.07, 6.45) is 0. The van der Waals surface area contributed by atoms with E-state index in [1.165, 1.54) is 29.2 Å². The van der Waals surface area contributed by atoms with Crippen molar-refractivity contribution in [3.05, 3.63) is 94.9 Å². The maximum absolute atomic E-state index is 13.6. The maximum Gasteiger partial charge on any atom is 0.282 e. The van der Waals surface area contributed by atoms with Gasteiger partial charge in [0.15, 0.2) is 0 Å². The fourth-order valence-corrected chi connectivity index (χ4v) is 3.79. The molecule has 0 atom stereocenters. The van der Waals surface area contributed by atoms with Crippen LogP contribution < -0.4 is 15.0 Å². The fraction of sp³-hybridized carbons (Fsp3) is 0.154. The molecule has 0 saturated carbocycles. The number of hydrogen-bond donors (Lipinski definition) is 1. The maximum atomic E-state index is 13.6. The van der Waals surface area contributed by atoms with E-state index in [2.05, 4.69) is 5.32 Å². The van der Waals surface area contributed by atoms with Crippen molar-refractivity contribution in [3.8, 4) is 5.75 Å². The Hall–Kier alpha value is -3.93. The van der Waals surface area contributed by atoms with Crippen molar-refractivity contribution in [1.29, 1.82) is 0 Å². The molecule has 0 unspecified atom stereocenters. The lowest BCUT2D eigenvalue weighted by Crippen LogP contribution is -2.33. The molecule has 0 radical (unpaired) electrons. The van der Waals surface area contributed by atoms with E-state index in [0.717, 1.165) is 11.1 Å². The number of amides is 2. The number of carbonyl (C=O) groups is 2. The van der Waals surface area contributed by atoms with Gasteiger partial charge in [-0.05, 0) is 62.2 Å². The number of rotatable bonds is 6. The molecule has 1 heterocycles. The number of nitrogens with one attached hydrogen (secondary N) is 1. The van der Waals surface area contributed by atoms with Gasteiger partial charge in [-0.25, -0.2) is 9.29 Å². The van der Waals surface area contributed by atoms with Gasteiger partial charge in [-0.3, -0.25) is 9.59 Å². The van der Waals surface area contributed by atoms with Crippen LogP contribution in [0.5, 0.6) is 5.75 Å². The van der Waals surface area contributed by atoms with Crippen LogP contribution in [0.4, 0.5) is 15.8 Å². The summed E-state index contributed by atoms with van der Waals surface area (Å²) in [7, 11) is 0. The summed E-state index contributed by atoms with van der Waals surface area (Å²) in [6.45, 7) is 6.12. The molecule has 6 heteroatoms. The van der Waals surface area contributed by atoms with Crippen molar-refractivity contribution in [1.82, 2.24) is 0 Å². The molecule has 2 amide bonds. The van der Waals surface area contributed by atoms with Crippen LogP contribution in [0.2, 0.25) is 0 Å². The van der Waals surface area contributed by atoms with E-state index in [0.29, 0.717) is 29.3 Å². The topological polar surface area (TPSA) is 58.6 Å². The zero-order valence-electron chi connectivity index (χ0n) is 18.1. The molecular formula is C26H23FN2O3. The van der Waals surface area contributed by atoms with Gasteiger partial charge in [0.25, 0.3) is 11.8 Å². The first-order chi connectivity index (χ1) is 15.4. The lowest BCUT2D eigenvalue weighted by atomic mass is 10.0. The van der Waals surface area contributed by atoms with Gasteiger partial charge in [0.05, 0.1) is 23.6 Å². The molecule has 162 valence electrons. The third kappa shape index (κ3) is 3.87. The van der Waals surface area contributed by atoms with E-state index in [4.69, 9.17) is 4.74 Å². The number of benzene rings is 3. The van der Waals surface area contributed by atoms with Crippen molar-refractivity contribution < 1.29 is 18.7 Å². The van der Waals surface area contributed by atoms with Crippen LogP contribution in [0.25, 0.3) is 5.57 Å². The highest BCUT2D eigenvalue weighted by molar-refractivity contribution is 6.46. The first-order valence-electron chi connectivity index (χ1n) is 10.4. The number of hydrogen-bond acceptors (Lipinski definition) is 4. The minimum atomic E-state index is -0.479. The molecule has 5 nitrogen and oxygen atoms in total. The lowest BCUT2D eigenvalue weighted by molar-refractivity contribution is -0.120. The van der Waals surface area contributed by atoms with Crippen molar-refractivity contribution in [2.24, 2.45) is 0 Å². The zero-order valence-corrected chi connectivity index (χ0v) is 18.1. The number of para-hydroxylation sites is 2. The van der Waals surface area contributed by atoms with E-state index < -0.39 is 17.6 Å². The molecule has 0 bridgehead atoms. The molecule has 1 aliphatic heterocycles. The van der Waals surface area contributed by atoms with Gasteiger partial charge in [0.2, 0.25) is 0 Å². The van der Waals surface area contributed by atoms with Crippen molar-refractivity contribution >= 4 is 28.8 Å². The summed E-state index contributed by atoms with van der Waals surface area (Å²) in [5, 5.41) is 3.12. The van der Waals surface area contributed by atoms with Crippen LogP contribution in [0.15, 0.2) is 72.4 Å². The van der Waals surface area contributed by atoms with Crippen LogP contribution in [0.1, 0.15) is 23.6 Å². The Morgan fingerprint density at radius 1 is 0.938 bits per heavy atom. The van der Waals surface area contributed by atoms with Crippen molar-refractivity contribution in [2.45, 2.75) is 20.8 Å². The Morgan fingerprint density at radius 3 is 2.34 bits per heavy atom. The van der Waals surface area contributed by atoms with E-state index in [-0.39, 0.29) is 11.3 Å². The highest BCUT2D eigenvalue weighted by Gasteiger charge is 2.41. The Morgan fingerprint density at radius 2 is 1.66 bits per heavy atom. The van der Waals surface area contributed by atoms with E-state index >= 15 is 0 Å². The Kier molecular flexibility index (Phi) is 5.77. The van der Waals surface area contributed by atoms with Gasteiger partial charge in [0, 0.05) is 0 Å². The number of imide groups is 1. The van der Waals surface area contributed by atoms with Crippen LogP contribution in [-0.4, -0.2) is 18.4 Å². The number of aryl methyl sites for hydroxylation is 2. The summed E-state index contributed by atoms with van der Waals surface area (Å²) in [6, 6.07) is 18.3. The van der Waals surface area contributed by atoms with Crippen LogP contribution in [0.3, 0.4) is 0 Å². The molecule has 3 aromatic rings. The molecule has 0 saturated heterocycles. The predicted molar refractivity (Wildman–Crippen MR) is 123 cm³/mol. The molecule has 3 aromatic carbocycles. The molecule has 0 fully saturated rings. The van der Waals surface area contributed by atoms with Gasteiger partial charge in [-0.2, -0.15) is 0 Å². The normalized spacial score (nSPS) is 13.7. The molecule has 0 aliphatic carbocycles. The summed E-state index contributed by atoms with van der Waals surface area (Å²) in [5.74, 6) is -0.808. The van der Waals surface area contributed by atoms with E-state index in [1.807, 2.05) is 45.0 Å². The fourth-order valence-electron chi connectivity index (χ4n) is 3.79. The Bertz CT molecular complexity index is 1230. The smallest absolute Gasteiger partial charge is 0.282 e. The van der Waals surface area contributed by atoms with Crippen molar-refractivity contribution in [3.63, 3.8) is 0 Å². The average Bonchev–Trinajstić information content (AvgIpc) is 3.00. The summed E-state index contributed by atoms with van der Waals surface area (Å²) in [4.78, 5) is 28.2. The second-order valence-electron chi connectivity index (χ2n) is 7.55. The third-order valence-corrected chi connectivity index (χ3v) is 5.26. The number of carbonyl (C=O) groups excluding carboxylic acids is 2. The van der Waals surface area contributed by atoms with Crippen molar-refractivity contribution in [2.75, 3.05) is 16.8 Å². The Balaban J connectivity index is 1.84. The molecule has 4 rings (SSSR count). The number of anilines is 2. The van der Waals surface area contributed by atoms with Crippen LogP contribution >= 0.6 is 0 Å². The Labute approximate surface area is 186 Å². The third-order valence-electron chi connectivity index (χ3n) is 5.26. The molecular weight excluding hydrogens is 407 g/mol. The minimum absolute atomic E-state index is 0.119. The first-order valence-corrected chi connectivity index (χ1v) is 10.4. The highest BCUT2D eigenvalue weighted by atomic mass is 19.1. The SMILES string of the molecule is CCOc1ccccc1NC1=C(c2ccc(F)cc2)C(=O)N(c2ccc(C)cc2C)C1=O. The van der Waals surface area contributed by atoms with Gasteiger partial charge < -0.3 is 10.1 Å². The predicted octanol–water partition coefficient (Wildman–Crippen LogP) is 5.24. The quantitative estimate of drug-likeness (QED) is 0.544. The second kappa shape index (κ2) is 8.67. The summed E-state index contributed by atoms with van der Waals surface area (Å²) in [5.41, 5.74) is 3.67. The van der Waals surface area contributed by atoms with Crippen LogP contribution in [-0.2, 0) is 9.59 Å². The molecule has 0 aromatic heterocycles. The molecule has 1 aliphatic rings. The van der Waals surface area contributed by atoms with Gasteiger partial charge in [0.1, 0.15) is 17.3 Å². The largest absolute Gasteiger partial charge is 0.492 e. The highest BCUT2D eigenvalue weighted by Crippen LogP contribution is 2.36. The molecule has 32 heavy (non-hydrogen) atoms. The number of halogens is 1. The summed E-state index contributed by atoms with van der Waals surface area (Å²) >= 11 is 0. The standard InChI is InChI=1S/C26H23FN2O3/c1-4-32-22-8-6-5-7-20(22)28-24-23(18-10-12-19(27)13-11-18)25(30)29(26(24)31)21-14-9-16(2)15-17(21)3/h5-15,28H,4H2,1-3H3. The van der Waals surface area contributed by atoms with Gasteiger partial charge in [-0.15, -0.1) is 0 Å². The molecule has 1 N–H and O–H groups in total. The summed E-state index contributed by atoms with van der Waals surface area (Å²) < 4.78 is 19.2. The molecule has 0 spiro atoms. The van der Waals surface area contributed by atoms with Gasteiger partial charge in [-0.1, -0.05) is 42.0 Å². The van der Waals surface area contributed by atoms with E-state index in [9.17, 15) is 14.0 Å². The first kappa shape index (κ1) is 21.3. The monoisotopic (exact) mass is 430 g/mol. The number of ether oxygens (including phenoxy) is 1. The van der Waals surface area contributed by atoms with Crippen LogP contribution in [0, 0.1) is 19.7 Å². The minimum Gasteiger partial charge on any atom is -0.492 e.